The first-order valence-corrected chi connectivity index (χ1v) is 5.91. The number of aryl methyl sites for hydroxylation is 1. The lowest BCUT2D eigenvalue weighted by Gasteiger charge is -2.06. The monoisotopic (exact) mass is 308 g/mol. The van der Waals surface area contributed by atoms with Crippen molar-refractivity contribution >= 4 is 28.2 Å². The molecule has 4 nitrogen and oxygen atoms in total. The normalized spacial score (nSPS) is 10.3. The Labute approximate surface area is 111 Å². The minimum Gasteiger partial charge on any atom is -0.478 e. The quantitative estimate of drug-likeness (QED) is 0.881. The Kier molecular flexibility index (Phi) is 3.34. The van der Waals surface area contributed by atoms with Gasteiger partial charge in [0.15, 0.2) is 12.0 Å². The van der Waals surface area contributed by atoms with Crippen molar-refractivity contribution in [1.29, 1.82) is 0 Å². The Hall–Kier alpha value is -1.88. The summed E-state index contributed by atoms with van der Waals surface area (Å²) in [6, 6.07) is 6.40. The van der Waals surface area contributed by atoms with Crippen molar-refractivity contribution in [3.63, 3.8) is 0 Å². The highest BCUT2D eigenvalue weighted by Crippen LogP contribution is 2.32. The molecule has 0 amide bonds. The summed E-state index contributed by atoms with van der Waals surface area (Å²) in [5, 5.41) is 9.08. The van der Waals surface area contributed by atoms with Crippen LogP contribution < -0.4 is 0 Å². The van der Waals surface area contributed by atoms with E-state index < -0.39 is 5.97 Å². The van der Waals surface area contributed by atoms with Crippen LogP contribution in [-0.4, -0.2) is 17.4 Å². The molecular formula is C13H9BrO4. The molecule has 0 bridgehead atoms. The van der Waals surface area contributed by atoms with Crippen LogP contribution in [0.1, 0.15) is 26.5 Å². The molecular weight excluding hydrogens is 300 g/mol. The van der Waals surface area contributed by atoms with Crippen molar-refractivity contribution in [2.45, 2.75) is 6.92 Å². The van der Waals surface area contributed by atoms with Gasteiger partial charge in [-0.05, 0) is 36.8 Å². The van der Waals surface area contributed by atoms with E-state index in [1.54, 1.807) is 19.1 Å². The Morgan fingerprint density at radius 3 is 2.67 bits per heavy atom. The van der Waals surface area contributed by atoms with Crippen molar-refractivity contribution < 1.29 is 19.1 Å². The molecule has 0 radical (unpaired) electrons. The third-order valence-corrected chi connectivity index (χ3v) is 3.21. The Morgan fingerprint density at radius 1 is 1.39 bits per heavy atom. The zero-order valence-electron chi connectivity index (χ0n) is 9.44. The molecule has 0 aliphatic carbocycles. The lowest BCUT2D eigenvalue weighted by atomic mass is 10.0. The number of hydrogen-bond donors (Lipinski definition) is 1. The molecule has 0 atom stereocenters. The third kappa shape index (κ3) is 2.22. The van der Waals surface area contributed by atoms with Gasteiger partial charge in [-0.3, -0.25) is 4.79 Å². The van der Waals surface area contributed by atoms with Crippen molar-refractivity contribution in [3.05, 3.63) is 45.6 Å². The van der Waals surface area contributed by atoms with Gasteiger partial charge in [-0.25, -0.2) is 4.79 Å². The van der Waals surface area contributed by atoms with Crippen LogP contribution in [0, 0.1) is 6.92 Å². The standard InChI is InChI=1S/C13H9BrO4/c1-7-4-11(14)10(5-9(7)13(16)17)12-3-2-8(6-15)18-12/h2-6H,1H3,(H,16,17). The molecule has 1 N–H and O–H groups in total. The number of aromatic carboxylic acids is 1. The van der Waals surface area contributed by atoms with Gasteiger partial charge in [0.1, 0.15) is 5.76 Å². The first-order chi connectivity index (χ1) is 8.52. The summed E-state index contributed by atoms with van der Waals surface area (Å²) in [6.07, 6.45) is 0.601. The van der Waals surface area contributed by atoms with E-state index in [1.807, 2.05) is 0 Å². The topological polar surface area (TPSA) is 67.5 Å². The average Bonchev–Trinajstić information content (AvgIpc) is 2.77. The van der Waals surface area contributed by atoms with E-state index in [0.717, 1.165) is 4.47 Å². The number of carboxylic acids is 1. The van der Waals surface area contributed by atoms with Gasteiger partial charge in [0.2, 0.25) is 0 Å². The van der Waals surface area contributed by atoms with E-state index in [1.165, 1.54) is 12.1 Å². The summed E-state index contributed by atoms with van der Waals surface area (Å²) in [5.74, 6) is -0.343. The first-order valence-electron chi connectivity index (χ1n) is 5.11. The van der Waals surface area contributed by atoms with Crippen LogP contribution in [0.25, 0.3) is 11.3 Å². The first kappa shape index (κ1) is 12.6. The maximum absolute atomic E-state index is 11.1. The Balaban J connectivity index is 2.59. The van der Waals surface area contributed by atoms with Crippen molar-refractivity contribution in [1.82, 2.24) is 0 Å². The van der Waals surface area contributed by atoms with Crippen molar-refractivity contribution in [2.75, 3.05) is 0 Å². The summed E-state index contributed by atoms with van der Waals surface area (Å²) < 4.78 is 6.00. The molecule has 0 aliphatic rings. The maximum atomic E-state index is 11.1. The molecule has 0 aliphatic heterocycles. The second kappa shape index (κ2) is 4.78. The predicted molar refractivity (Wildman–Crippen MR) is 68.9 cm³/mol. The lowest BCUT2D eigenvalue weighted by Crippen LogP contribution is -2.00. The summed E-state index contributed by atoms with van der Waals surface area (Å²) in [5.41, 5.74) is 1.46. The van der Waals surface area contributed by atoms with Gasteiger partial charge in [0, 0.05) is 10.0 Å². The number of rotatable bonds is 3. The number of furan rings is 1. The number of carbonyl (C=O) groups is 2. The largest absolute Gasteiger partial charge is 0.478 e. The summed E-state index contributed by atoms with van der Waals surface area (Å²) in [4.78, 5) is 21.6. The molecule has 5 heteroatoms. The van der Waals surface area contributed by atoms with E-state index in [9.17, 15) is 9.59 Å². The fourth-order valence-corrected chi connectivity index (χ4v) is 2.31. The van der Waals surface area contributed by atoms with E-state index in [0.29, 0.717) is 23.2 Å². The molecule has 1 aromatic carbocycles. The van der Waals surface area contributed by atoms with Crippen LogP contribution in [0.5, 0.6) is 0 Å². The van der Waals surface area contributed by atoms with Gasteiger partial charge in [-0.2, -0.15) is 0 Å². The molecule has 92 valence electrons. The van der Waals surface area contributed by atoms with Gasteiger partial charge in [0.05, 0.1) is 5.56 Å². The number of carboxylic acid groups (broad SMARTS) is 1. The third-order valence-electron chi connectivity index (χ3n) is 2.55. The molecule has 0 saturated heterocycles. The SMILES string of the molecule is Cc1cc(Br)c(-c2ccc(C=O)o2)cc1C(=O)O. The van der Waals surface area contributed by atoms with Gasteiger partial charge >= 0.3 is 5.97 Å². The number of aldehydes is 1. The van der Waals surface area contributed by atoms with Crippen molar-refractivity contribution in [3.8, 4) is 11.3 Å². The number of carbonyl (C=O) groups excluding carboxylic acids is 1. The van der Waals surface area contributed by atoms with E-state index in [2.05, 4.69) is 15.9 Å². The Morgan fingerprint density at radius 2 is 2.11 bits per heavy atom. The fourth-order valence-electron chi connectivity index (χ4n) is 1.65. The van der Waals surface area contributed by atoms with E-state index in [-0.39, 0.29) is 11.3 Å². The molecule has 0 saturated carbocycles. The second-order valence-electron chi connectivity index (χ2n) is 3.77. The van der Waals surface area contributed by atoms with Crippen LogP contribution >= 0.6 is 15.9 Å². The van der Waals surface area contributed by atoms with Gasteiger partial charge in [0.25, 0.3) is 0 Å². The average molecular weight is 309 g/mol. The van der Waals surface area contributed by atoms with Crippen LogP contribution in [0.15, 0.2) is 33.2 Å². The second-order valence-corrected chi connectivity index (χ2v) is 4.63. The molecule has 2 aromatic rings. The molecule has 18 heavy (non-hydrogen) atoms. The van der Waals surface area contributed by atoms with Gasteiger partial charge < -0.3 is 9.52 Å². The molecule has 1 heterocycles. The smallest absolute Gasteiger partial charge is 0.335 e. The highest BCUT2D eigenvalue weighted by atomic mass is 79.9. The highest BCUT2D eigenvalue weighted by molar-refractivity contribution is 9.10. The predicted octanol–water partition coefficient (Wildman–Crippen LogP) is 3.53. The Bertz CT molecular complexity index is 628. The molecule has 1 aromatic heterocycles. The summed E-state index contributed by atoms with van der Waals surface area (Å²) in [7, 11) is 0. The van der Waals surface area contributed by atoms with E-state index >= 15 is 0 Å². The number of halogens is 1. The number of benzene rings is 1. The molecule has 2 rings (SSSR count). The molecule has 0 fully saturated rings. The van der Waals surface area contributed by atoms with Crippen LogP contribution in [-0.2, 0) is 0 Å². The molecule has 0 unspecified atom stereocenters. The summed E-state index contributed by atoms with van der Waals surface area (Å²) in [6.45, 7) is 1.72. The molecule has 0 spiro atoms. The number of hydrogen-bond acceptors (Lipinski definition) is 3. The zero-order valence-corrected chi connectivity index (χ0v) is 11.0. The van der Waals surface area contributed by atoms with Crippen LogP contribution in [0.2, 0.25) is 0 Å². The zero-order chi connectivity index (χ0) is 13.3. The highest BCUT2D eigenvalue weighted by Gasteiger charge is 2.14. The van der Waals surface area contributed by atoms with Crippen LogP contribution in [0.3, 0.4) is 0 Å². The minimum absolute atomic E-state index is 0.203. The fraction of sp³-hybridized carbons (Fsp3) is 0.0769. The lowest BCUT2D eigenvalue weighted by molar-refractivity contribution is 0.0696. The summed E-state index contributed by atoms with van der Waals surface area (Å²) >= 11 is 3.36. The maximum Gasteiger partial charge on any atom is 0.335 e. The van der Waals surface area contributed by atoms with Crippen LogP contribution in [0.4, 0.5) is 0 Å². The van der Waals surface area contributed by atoms with E-state index in [4.69, 9.17) is 9.52 Å². The van der Waals surface area contributed by atoms with Gasteiger partial charge in [-0.1, -0.05) is 15.9 Å². The van der Waals surface area contributed by atoms with Crippen molar-refractivity contribution in [2.24, 2.45) is 0 Å². The minimum atomic E-state index is -0.997. The van der Waals surface area contributed by atoms with Gasteiger partial charge in [-0.15, -0.1) is 0 Å².